The Kier molecular flexibility index (Phi) is 10.8. The lowest BCUT2D eigenvalue weighted by Gasteiger charge is -2.34. The number of hydrogen-bond acceptors (Lipinski definition) is 3. The van der Waals surface area contributed by atoms with Crippen molar-refractivity contribution in [2.75, 3.05) is 4.90 Å². The van der Waals surface area contributed by atoms with E-state index in [-0.39, 0.29) is 0 Å². The molecule has 9 rings (SSSR count). The van der Waals surface area contributed by atoms with Gasteiger partial charge >= 0.3 is 0 Å². The van der Waals surface area contributed by atoms with Crippen molar-refractivity contribution in [1.82, 2.24) is 9.97 Å². The van der Waals surface area contributed by atoms with Gasteiger partial charge in [0.25, 0.3) is 0 Å². The third kappa shape index (κ3) is 7.86. The fraction of sp³-hybridized carbons (Fsp3) is 0.0370. The molecule has 0 aliphatic carbocycles. The molecule has 59 heavy (non-hydrogen) atoms. The van der Waals surface area contributed by atoms with Gasteiger partial charge in [-0.25, -0.2) is 0 Å². The minimum atomic E-state index is -2.68. The molecule has 0 aliphatic heterocycles. The zero-order chi connectivity index (χ0) is 40.0. The van der Waals surface area contributed by atoms with Crippen molar-refractivity contribution in [2.24, 2.45) is 0 Å². The minimum Gasteiger partial charge on any atom is -0.310 e. The molecule has 2 heterocycles. The Morgan fingerprint density at radius 1 is 0.373 bits per heavy atom. The van der Waals surface area contributed by atoms with Crippen LogP contribution >= 0.6 is 0 Å². The first-order valence-electron chi connectivity index (χ1n) is 20.1. The number of pyridine rings is 2. The molecular formula is C54H43N3Si2. The molecule has 3 nitrogen and oxygen atoms in total. The van der Waals surface area contributed by atoms with Crippen LogP contribution in [0.4, 0.5) is 17.1 Å². The van der Waals surface area contributed by atoms with Crippen LogP contribution in [0.1, 0.15) is 11.1 Å². The summed E-state index contributed by atoms with van der Waals surface area (Å²) in [6.45, 7) is 4.33. The Bertz CT molecular complexity index is 2680. The maximum absolute atomic E-state index is 5.26. The van der Waals surface area contributed by atoms with Crippen LogP contribution in [0.25, 0.3) is 22.5 Å². The maximum atomic E-state index is 5.26. The third-order valence-electron chi connectivity index (χ3n) is 10.9. The number of hydrogen-bond donors (Lipinski definition) is 0. The number of nitrogens with zero attached hydrogens (tertiary/aromatic N) is 3. The molecule has 0 saturated heterocycles. The van der Waals surface area contributed by atoms with E-state index in [0.29, 0.717) is 9.52 Å². The summed E-state index contributed by atoms with van der Waals surface area (Å²) in [5, 5.41) is 7.77. The molecule has 2 aromatic heterocycles. The predicted octanol–water partition coefficient (Wildman–Crippen LogP) is 8.93. The molecule has 0 unspecified atom stereocenters. The zero-order valence-corrected chi connectivity index (χ0v) is 35.2. The van der Waals surface area contributed by atoms with Crippen LogP contribution in [0.3, 0.4) is 0 Å². The molecule has 7 aromatic carbocycles. The second-order valence-corrected chi connectivity index (χ2v) is 20.2. The van der Waals surface area contributed by atoms with Gasteiger partial charge in [0.05, 0.1) is 11.4 Å². The van der Waals surface area contributed by atoms with Gasteiger partial charge in [-0.3, -0.25) is 9.97 Å². The van der Waals surface area contributed by atoms with Crippen LogP contribution < -0.4 is 36.0 Å². The average molecular weight is 790 g/mol. The van der Waals surface area contributed by atoms with Crippen LogP contribution in [0.2, 0.25) is 0 Å². The zero-order valence-electron chi connectivity index (χ0n) is 33.2. The lowest BCUT2D eigenvalue weighted by atomic mass is 10.1. The van der Waals surface area contributed by atoms with Crippen LogP contribution in [0.5, 0.6) is 0 Å². The van der Waals surface area contributed by atoms with E-state index >= 15 is 0 Å². The van der Waals surface area contributed by atoms with Crippen molar-refractivity contribution in [1.29, 1.82) is 0 Å². The van der Waals surface area contributed by atoms with E-state index in [2.05, 4.69) is 237 Å². The molecule has 5 heteroatoms. The number of benzene rings is 7. The van der Waals surface area contributed by atoms with Gasteiger partial charge in [-0.05, 0) is 99.4 Å². The molecule has 0 saturated carbocycles. The lowest BCUT2D eigenvalue weighted by molar-refractivity contribution is 1.25. The molecule has 0 bridgehead atoms. The van der Waals surface area contributed by atoms with Gasteiger partial charge < -0.3 is 4.90 Å². The van der Waals surface area contributed by atoms with E-state index in [1.165, 1.54) is 42.2 Å². The molecule has 0 N–H and O–H groups in total. The van der Waals surface area contributed by atoms with Crippen molar-refractivity contribution < 1.29 is 0 Å². The molecule has 0 spiro atoms. The van der Waals surface area contributed by atoms with E-state index in [0.717, 1.165) is 39.6 Å². The first kappa shape index (κ1) is 37.6. The van der Waals surface area contributed by atoms with E-state index in [1.807, 2.05) is 6.20 Å². The van der Waals surface area contributed by atoms with E-state index in [4.69, 9.17) is 9.97 Å². The van der Waals surface area contributed by atoms with Gasteiger partial charge in [0.15, 0.2) is 8.07 Å². The molecule has 0 amide bonds. The number of anilines is 3. The summed E-state index contributed by atoms with van der Waals surface area (Å²) in [4.78, 5) is 12.6. The smallest absolute Gasteiger partial charge is 0.181 e. The normalized spacial score (nSPS) is 11.3. The van der Waals surface area contributed by atoms with E-state index in [1.54, 1.807) is 0 Å². The summed E-state index contributed by atoms with van der Waals surface area (Å²) in [5.74, 6) is 0. The van der Waals surface area contributed by atoms with Crippen LogP contribution in [0.15, 0.2) is 225 Å². The van der Waals surface area contributed by atoms with Gasteiger partial charge in [-0.2, -0.15) is 0 Å². The average Bonchev–Trinajstić information content (AvgIpc) is 3.29. The van der Waals surface area contributed by atoms with Crippen molar-refractivity contribution in [2.45, 2.75) is 13.8 Å². The Morgan fingerprint density at radius 2 is 0.847 bits per heavy atom. The fourth-order valence-electron chi connectivity index (χ4n) is 8.31. The number of aromatic nitrogens is 2. The second kappa shape index (κ2) is 16.9. The Hall–Kier alpha value is -6.93. The van der Waals surface area contributed by atoms with Crippen LogP contribution in [0, 0.1) is 13.8 Å². The molecule has 0 aliphatic rings. The summed E-state index contributed by atoms with van der Waals surface area (Å²) in [5.41, 5.74) is 9.68. The molecular weight excluding hydrogens is 747 g/mol. The van der Waals surface area contributed by atoms with Crippen molar-refractivity contribution in [3.8, 4) is 22.5 Å². The quantitative estimate of drug-likeness (QED) is 0.0969. The van der Waals surface area contributed by atoms with Gasteiger partial charge in [0.2, 0.25) is 0 Å². The van der Waals surface area contributed by atoms with Gasteiger partial charge in [0.1, 0.15) is 9.52 Å². The Labute approximate surface area is 351 Å². The molecule has 0 fully saturated rings. The largest absolute Gasteiger partial charge is 0.310 e. The standard InChI is InChI=1S/C54H43N3Si2/c1-40-33-41(2)35-46(34-40)57(44-19-15-17-42(36-44)53-31-29-48(38-55-53)58-47-21-7-3-8-22-47)45-20-16-18-43(37-45)54-32-30-52(39-56-54)59(49-23-9-4-10-24-49,50-25-11-5-12-26-50)51-27-13-6-14-28-51/h3-39H,1-2H3. The van der Waals surface area contributed by atoms with Gasteiger partial charge in [-0.1, -0.05) is 169 Å². The summed E-state index contributed by atoms with van der Waals surface area (Å²) < 4.78 is 0. The highest BCUT2D eigenvalue weighted by Crippen LogP contribution is 2.38. The highest BCUT2D eigenvalue weighted by Gasteiger charge is 2.41. The van der Waals surface area contributed by atoms with Crippen LogP contribution in [-0.4, -0.2) is 27.6 Å². The van der Waals surface area contributed by atoms with Crippen LogP contribution in [-0.2, 0) is 0 Å². The number of aryl methyl sites for hydroxylation is 2. The minimum absolute atomic E-state index is 0.573. The first-order chi connectivity index (χ1) is 29.0. The lowest BCUT2D eigenvalue weighted by Crippen LogP contribution is -2.74. The topological polar surface area (TPSA) is 29.0 Å². The molecule has 0 atom stereocenters. The summed E-state index contributed by atoms with van der Waals surface area (Å²) in [6.07, 6.45) is 4.15. The monoisotopic (exact) mass is 789 g/mol. The molecule has 2 radical (unpaired) electrons. The van der Waals surface area contributed by atoms with Crippen molar-refractivity contribution >= 4 is 65.8 Å². The summed E-state index contributed by atoms with van der Waals surface area (Å²) >= 11 is 0. The highest BCUT2D eigenvalue weighted by atomic mass is 28.3. The highest BCUT2D eigenvalue weighted by molar-refractivity contribution is 7.19. The Balaban J connectivity index is 1.10. The van der Waals surface area contributed by atoms with E-state index in [9.17, 15) is 0 Å². The second-order valence-electron chi connectivity index (χ2n) is 15.0. The fourth-order valence-corrected chi connectivity index (χ4v) is 14.0. The Morgan fingerprint density at radius 3 is 1.31 bits per heavy atom. The molecule has 9 aromatic rings. The van der Waals surface area contributed by atoms with Gasteiger partial charge in [-0.15, -0.1) is 0 Å². The first-order valence-corrected chi connectivity index (χ1v) is 23.1. The SMILES string of the molecule is Cc1cc(C)cc(N(c2cccc(-c3ccc([Si]c4ccccc4)cn3)c2)c2cccc(-c3ccc([Si](c4ccccc4)(c4ccccc4)c4ccccc4)cn3)c2)c1. The van der Waals surface area contributed by atoms with Gasteiger partial charge in [0, 0.05) is 40.6 Å². The van der Waals surface area contributed by atoms with Crippen molar-refractivity contribution in [3.05, 3.63) is 236 Å². The summed E-state index contributed by atoms with van der Waals surface area (Å²) in [6, 6.07) is 76.7. The third-order valence-corrected chi connectivity index (χ3v) is 16.9. The van der Waals surface area contributed by atoms with E-state index < -0.39 is 8.07 Å². The van der Waals surface area contributed by atoms with Crippen molar-refractivity contribution in [3.63, 3.8) is 0 Å². The summed E-state index contributed by atoms with van der Waals surface area (Å²) in [7, 11) is -2.11. The molecule has 282 valence electrons. The maximum Gasteiger partial charge on any atom is 0.181 e. The predicted molar refractivity (Wildman–Crippen MR) is 252 cm³/mol. The number of rotatable bonds is 11.